The zero-order valence-corrected chi connectivity index (χ0v) is 20.7. The number of rotatable bonds is 6. The molecule has 3 N–H and O–H groups in total. The Morgan fingerprint density at radius 2 is 1.79 bits per heavy atom. The van der Waals surface area contributed by atoms with Crippen LogP contribution in [0.1, 0.15) is 24.5 Å². The first kappa shape index (κ1) is 25.2. The Morgan fingerprint density at radius 3 is 2.45 bits per heavy atom. The van der Waals surface area contributed by atoms with Crippen LogP contribution in [0.5, 0.6) is 11.6 Å². The Hall–Kier alpha value is -4.51. The molecule has 192 valence electrons. The van der Waals surface area contributed by atoms with Crippen molar-refractivity contribution in [1.82, 2.24) is 9.88 Å². The van der Waals surface area contributed by atoms with Crippen LogP contribution in [0.25, 0.3) is 22.7 Å². The largest absolute Gasteiger partial charge is 0.506 e. The van der Waals surface area contributed by atoms with E-state index in [1.54, 1.807) is 12.1 Å². The number of carbonyl (C=O) groups excluding carboxylic acids is 2. The average Bonchev–Trinajstić information content (AvgIpc) is 3.33. The molecule has 38 heavy (non-hydrogen) atoms. The average molecular weight is 535 g/mol. The molecule has 1 aliphatic heterocycles. The lowest BCUT2D eigenvalue weighted by Crippen LogP contribution is -2.17. The molecule has 8 nitrogen and oxygen atoms in total. The highest BCUT2D eigenvalue weighted by molar-refractivity contribution is 8.18. The van der Waals surface area contributed by atoms with Crippen molar-refractivity contribution in [3.05, 3.63) is 82.3 Å². The number of azo groups is 1. The molecule has 0 atom stereocenters. The topological polar surface area (TPSA) is 116 Å². The maximum Gasteiger partial charge on any atom is 0.290 e. The molecule has 4 aromatic rings. The van der Waals surface area contributed by atoms with E-state index in [2.05, 4.69) is 22.5 Å². The number of nitrogens with one attached hydrogen (secondary N) is 1. The standard InChI is InChI=1S/C27H20F2N4O4S/c1-2-3-14-4-7-17(8-5-14)33-24-18(12-16(28)13-19(24)29)23(26(33)36)32-31-20-9-6-15(10-21(20)34)11-22-25(35)30-27(37)38-22/h4-13,34,36H,2-3H2,1H3,(H,30,35,37). The van der Waals surface area contributed by atoms with Crippen LogP contribution in [0.4, 0.5) is 25.0 Å². The number of aromatic hydroxyl groups is 2. The second-order valence-corrected chi connectivity index (χ2v) is 9.52. The SMILES string of the molecule is CCCc1ccc(-n2c(O)c(N=Nc3ccc(C=C4SC(=O)NC4=O)cc3O)c3cc(F)cc(F)c32)cc1. The number of aryl methyl sites for hydroxylation is 1. The number of amides is 2. The van der Waals surface area contributed by atoms with E-state index in [0.717, 1.165) is 42.3 Å². The summed E-state index contributed by atoms with van der Waals surface area (Å²) in [5.41, 5.74) is 1.71. The second-order valence-electron chi connectivity index (χ2n) is 8.51. The molecular formula is C27H20F2N4O4S. The predicted octanol–water partition coefficient (Wildman–Crippen LogP) is 7.01. The van der Waals surface area contributed by atoms with Crippen LogP contribution in [0.2, 0.25) is 0 Å². The van der Waals surface area contributed by atoms with E-state index in [1.165, 1.54) is 28.8 Å². The van der Waals surface area contributed by atoms with Gasteiger partial charge in [0.1, 0.15) is 17.3 Å². The number of thioether (sulfide) groups is 1. The minimum Gasteiger partial charge on any atom is -0.506 e. The minimum absolute atomic E-state index is 0.00355. The lowest BCUT2D eigenvalue weighted by Gasteiger charge is -2.09. The summed E-state index contributed by atoms with van der Waals surface area (Å²) in [6, 6.07) is 13.2. The molecule has 1 saturated heterocycles. The van der Waals surface area contributed by atoms with Crippen LogP contribution in [-0.2, 0) is 11.2 Å². The summed E-state index contributed by atoms with van der Waals surface area (Å²) in [4.78, 5) is 23.3. The number of nitrogens with zero attached hydrogens (tertiary/aromatic N) is 3. The van der Waals surface area contributed by atoms with Crippen molar-refractivity contribution in [2.75, 3.05) is 0 Å². The highest BCUT2D eigenvalue weighted by atomic mass is 32.2. The first-order valence-electron chi connectivity index (χ1n) is 11.6. The van der Waals surface area contributed by atoms with Crippen LogP contribution in [0.3, 0.4) is 0 Å². The van der Waals surface area contributed by atoms with Gasteiger partial charge in [-0.3, -0.25) is 19.5 Å². The third-order valence-corrected chi connectivity index (χ3v) is 6.67. The van der Waals surface area contributed by atoms with Gasteiger partial charge in [-0.15, -0.1) is 10.2 Å². The van der Waals surface area contributed by atoms with Gasteiger partial charge >= 0.3 is 0 Å². The molecule has 0 unspecified atom stereocenters. The lowest BCUT2D eigenvalue weighted by atomic mass is 10.1. The van der Waals surface area contributed by atoms with Gasteiger partial charge in [0.25, 0.3) is 11.1 Å². The van der Waals surface area contributed by atoms with E-state index in [-0.39, 0.29) is 32.9 Å². The van der Waals surface area contributed by atoms with Crippen molar-refractivity contribution in [3.8, 4) is 17.3 Å². The number of halogens is 2. The summed E-state index contributed by atoms with van der Waals surface area (Å²) in [5.74, 6) is -3.03. The highest BCUT2D eigenvalue weighted by Crippen LogP contribution is 2.43. The number of carbonyl (C=O) groups is 2. The van der Waals surface area contributed by atoms with Crippen LogP contribution < -0.4 is 5.32 Å². The smallest absolute Gasteiger partial charge is 0.290 e. The molecule has 1 aliphatic rings. The van der Waals surface area contributed by atoms with Crippen molar-refractivity contribution in [1.29, 1.82) is 0 Å². The van der Waals surface area contributed by atoms with Crippen molar-refractivity contribution in [3.63, 3.8) is 0 Å². The maximum absolute atomic E-state index is 14.9. The van der Waals surface area contributed by atoms with E-state index in [1.807, 2.05) is 12.1 Å². The molecular weight excluding hydrogens is 514 g/mol. The zero-order valence-electron chi connectivity index (χ0n) is 19.9. The Labute approximate surface area is 219 Å². The van der Waals surface area contributed by atoms with Gasteiger partial charge in [-0.05, 0) is 65.7 Å². The Bertz CT molecular complexity index is 1660. The molecule has 2 amide bonds. The van der Waals surface area contributed by atoms with Gasteiger partial charge in [0.2, 0.25) is 5.88 Å². The number of phenolic OH excluding ortho intramolecular Hbond substituents is 1. The van der Waals surface area contributed by atoms with E-state index in [0.29, 0.717) is 11.3 Å². The molecule has 2 heterocycles. The van der Waals surface area contributed by atoms with Crippen molar-refractivity contribution < 1.29 is 28.6 Å². The van der Waals surface area contributed by atoms with Crippen LogP contribution in [0, 0.1) is 11.6 Å². The third-order valence-electron chi connectivity index (χ3n) is 5.86. The van der Waals surface area contributed by atoms with Gasteiger partial charge in [-0.2, -0.15) is 0 Å². The summed E-state index contributed by atoms with van der Waals surface area (Å²) in [6.07, 6.45) is 3.25. The molecule has 1 fully saturated rings. The Balaban J connectivity index is 1.54. The number of hydrogen-bond acceptors (Lipinski definition) is 7. The Morgan fingerprint density at radius 1 is 1.03 bits per heavy atom. The highest BCUT2D eigenvalue weighted by Gasteiger charge is 2.25. The fraction of sp³-hybridized carbons (Fsp3) is 0.111. The first-order chi connectivity index (χ1) is 18.2. The van der Waals surface area contributed by atoms with Crippen molar-refractivity contribution >= 4 is 51.3 Å². The van der Waals surface area contributed by atoms with Crippen LogP contribution >= 0.6 is 11.8 Å². The number of imide groups is 1. The maximum atomic E-state index is 14.9. The molecule has 0 aliphatic carbocycles. The fourth-order valence-electron chi connectivity index (χ4n) is 4.15. The second kappa shape index (κ2) is 10.1. The minimum atomic E-state index is -0.887. The van der Waals surface area contributed by atoms with Crippen LogP contribution in [0.15, 0.2) is 69.7 Å². The van der Waals surface area contributed by atoms with E-state index in [4.69, 9.17) is 0 Å². The first-order valence-corrected chi connectivity index (χ1v) is 12.4. The molecule has 0 spiro atoms. The molecule has 0 bridgehead atoms. The lowest BCUT2D eigenvalue weighted by molar-refractivity contribution is -0.115. The monoisotopic (exact) mass is 534 g/mol. The fourth-order valence-corrected chi connectivity index (χ4v) is 4.83. The molecule has 1 aromatic heterocycles. The van der Waals surface area contributed by atoms with E-state index < -0.39 is 28.7 Å². The molecule has 0 saturated carbocycles. The van der Waals surface area contributed by atoms with Gasteiger partial charge in [-0.1, -0.05) is 31.5 Å². The van der Waals surface area contributed by atoms with E-state index >= 15 is 0 Å². The predicted molar refractivity (Wildman–Crippen MR) is 140 cm³/mol. The van der Waals surface area contributed by atoms with Gasteiger partial charge in [-0.25, -0.2) is 8.78 Å². The number of phenols is 1. The van der Waals surface area contributed by atoms with E-state index in [9.17, 15) is 28.6 Å². The zero-order chi connectivity index (χ0) is 27.0. The van der Waals surface area contributed by atoms with Gasteiger partial charge in [0.05, 0.1) is 10.4 Å². The van der Waals surface area contributed by atoms with Gasteiger partial charge in [0.15, 0.2) is 11.5 Å². The van der Waals surface area contributed by atoms with Crippen molar-refractivity contribution in [2.24, 2.45) is 10.2 Å². The Kier molecular flexibility index (Phi) is 6.68. The normalized spacial score (nSPS) is 14.8. The number of benzene rings is 3. The summed E-state index contributed by atoms with van der Waals surface area (Å²) in [5, 5.41) is 31.1. The summed E-state index contributed by atoms with van der Waals surface area (Å²) in [6.45, 7) is 2.05. The molecule has 5 rings (SSSR count). The molecule has 11 heteroatoms. The number of hydrogen-bond donors (Lipinski definition) is 3. The summed E-state index contributed by atoms with van der Waals surface area (Å²) >= 11 is 0.741. The van der Waals surface area contributed by atoms with Gasteiger partial charge < -0.3 is 10.2 Å². The van der Waals surface area contributed by atoms with Crippen LogP contribution in [-0.4, -0.2) is 25.9 Å². The molecule has 3 aromatic carbocycles. The number of aromatic nitrogens is 1. The number of fused-ring (bicyclic) bond motifs is 1. The quantitative estimate of drug-likeness (QED) is 0.182. The van der Waals surface area contributed by atoms with Gasteiger partial charge in [0, 0.05) is 17.1 Å². The summed E-state index contributed by atoms with van der Waals surface area (Å²) < 4.78 is 30.3. The van der Waals surface area contributed by atoms with Crippen molar-refractivity contribution in [2.45, 2.75) is 19.8 Å². The third kappa shape index (κ3) is 4.75. The summed E-state index contributed by atoms with van der Waals surface area (Å²) in [7, 11) is 0. The molecule has 0 radical (unpaired) electrons.